The van der Waals surface area contributed by atoms with Gasteiger partial charge in [-0.3, -0.25) is 9.59 Å². The summed E-state index contributed by atoms with van der Waals surface area (Å²) in [6, 6.07) is 1.21. The first-order valence-electron chi connectivity index (χ1n) is 5.70. The highest BCUT2D eigenvalue weighted by atomic mass is 35.5. The van der Waals surface area contributed by atoms with Crippen LogP contribution < -0.4 is 16.6 Å². The van der Waals surface area contributed by atoms with Crippen molar-refractivity contribution in [2.45, 2.75) is 32.7 Å². The summed E-state index contributed by atoms with van der Waals surface area (Å²) in [7, 11) is 1.64. The molecule has 3 N–H and O–H groups in total. The maximum absolute atomic E-state index is 11.8. The van der Waals surface area contributed by atoms with Crippen LogP contribution in [-0.2, 0) is 11.8 Å². The number of rotatable bonds is 4. The molecule has 0 radical (unpaired) electrons. The first-order valence-corrected chi connectivity index (χ1v) is 5.70. The third-order valence-corrected chi connectivity index (χ3v) is 2.66. The highest BCUT2D eigenvalue weighted by Gasteiger charge is 2.15. The normalized spacial score (nSPS) is 11.6. The SMILES string of the molecule is CCCC(N)C(=O)Nc1c(C)ccn(C)c1=O.Cl. The number of halogens is 1. The van der Waals surface area contributed by atoms with Crippen molar-refractivity contribution in [1.82, 2.24) is 4.57 Å². The lowest BCUT2D eigenvalue weighted by Crippen LogP contribution is -2.37. The van der Waals surface area contributed by atoms with Crippen molar-refractivity contribution < 1.29 is 4.79 Å². The van der Waals surface area contributed by atoms with Gasteiger partial charge in [0, 0.05) is 13.2 Å². The Labute approximate surface area is 113 Å². The van der Waals surface area contributed by atoms with Crippen LogP contribution in [0.2, 0.25) is 0 Å². The van der Waals surface area contributed by atoms with Crippen LogP contribution in [0, 0.1) is 6.92 Å². The van der Waals surface area contributed by atoms with E-state index < -0.39 is 6.04 Å². The zero-order valence-electron chi connectivity index (χ0n) is 10.9. The maximum Gasteiger partial charge on any atom is 0.274 e. The number of anilines is 1. The molecule has 1 amide bonds. The molecular weight excluding hydrogens is 254 g/mol. The van der Waals surface area contributed by atoms with Gasteiger partial charge in [0.2, 0.25) is 5.91 Å². The fraction of sp³-hybridized carbons (Fsp3) is 0.500. The van der Waals surface area contributed by atoms with Crippen molar-refractivity contribution >= 4 is 24.0 Å². The largest absolute Gasteiger partial charge is 0.320 e. The Kier molecular flexibility index (Phi) is 6.65. The number of hydrogen-bond donors (Lipinski definition) is 2. The molecule has 0 spiro atoms. The number of hydrogen-bond acceptors (Lipinski definition) is 3. The molecule has 0 aromatic carbocycles. The molecular formula is C12H20ClN3O2. The second-order valence-corrected chi connectivity index (χ2v) is 4.17. The fourth-order valence-corrected chi connectivity index (χ4v) is 1.53. The topological polar surface area (TPSA) is 77.1 Å². The summed E-state index contributed by atoms with van der Waals surface area (Å²) in [5.41, 5.74) is 6.53. The third-order valence-electron chi connectivity index (χ3n) is 2.66. The molecule has 0 saturated heterocycles. The summed E-state index contributed by atoms with van der Waals surface area (Å²) in [6.45, 7) is 3.74. The molecule has 6 heteroatoms. The number of aryl methyl sites for hydroxylation is 2. The third kappa shape index (κ3) is 3.85. The molecule has 18 heavy (non-hydrogen) atoms. The van der Waals surface area contributed by atoms with Crippen molar-refractivity contribution in [3.8, 4) is 0 Å². The predicted octanol–water partition coefficient (Wildman–Crippen LogP) is 1.18. The van der Waals surface area contributed by atoms with E-state index in [0.29, 0.717) is 12.1 Å². The van der Waals surface area contributed by atoms with Gasteiger partial charge in [0.25, 0.3) is 5.56 Å². The van der Waals surface area contributed by atoms with Gasteiger partial charge in [-0.2, -0.15) is 0 Å². The molecule has 1 rings (SSSR count). The van der Waals surface area contributed by atoms with Gasteiger partial charge in [0.05, 0.1) is 6.04 Å². The van der Waals surface area contributed by atoms with Gasteiger partial charge in [-0.05, 0) is 25.0 Å². The van der Waals surface area contributed by atoms with Crippen molar-refractivity contribution in [3.63, 3.8) is 0 Å². The molecule has 1 heterocycles. The quantitative estimate of drug-likeness (QED) is 0.865. The van der Waals surface area contributed by atoms with Gasteiger partial charge >= 0.3 is 0 Å². The number of nitrogens with zero attached hydrogens (tertiary/aromatic N) is 1. The van der Waals surface area contributed by atoms with Gasteiger partial charge in [0.1, 0.15) is 5.69 Å². The lowest BCUT2D eigenvalue weighted by molar-refractivity contribution is -0.117. The van der Waals surface area contributed by atoms with E-state index in [-0.39, 0.29) is 23.9 Å². The van der Waals surface area contributed by atoms with Gasteiger partial charge in [0.15, 0.2) is 0 Å². The van der Waals surface area contributed by atoms with Gasteiger partial charge in [-0.15, -0.1) is 12.4 Å². The highest BCUT2D eigenvalue weighted by Crippen LogP contribution is 2.08. The standard InChI is InChI=1S/C12H19N3O2.ClH/c1-4-5-9(13)11(16)14-10-8(2)6-7-15(3)12(10)17;/h6-7,9H,4-5,13H2,1-3H3,(H,14,16);1H. The molecule has 0 fully saturated rings. The summed E-state index contributed by atoms with van der Waals surface area (Å²) < 4.78 is 1.42. The monoisotopic (exact) mass is 273 g/mol. The fourth-order valence-electron chi connectivity index (χ4n) is 1.53. The lowest BCUT2D eigenvalue weighted by Gasteiger charge is -2.13. The number of nitrogens with two attached hydrogens (primary N) is 1. The zero-order chi connectivity index (χ0) is 13.0. The molecule has 1 atom stereocenters. The predicted molar refractivity (Wildman–Crippen MR) is 75.2 cm³/mol. The van der Waals surface area contributed by atoms with E-state index in [2.05, 4.69) is 5.32 Å². The van der Waals surface area contributed by atoms with Crippen molar-refractivity contribution in [1.29, 1.82) is 0 Å². The molecule has 5 nitrogen and oxygen atoms in total. The molecule has 1 unspecified atom stereocenters. The van der Waals surface area contributed by atoms with Crippen LogP contribution in [0.3, 0.4) is 0 Å². The van der Waals surface area contributed by atoms with Crippen LogP contribution in [0.25, 0.3) is 0 Å². The first kappa shape index (κ1) is 16.7. The Morgan fingerprint density at radius 2 is 2.17 bits per heavy atom. The average molecular weight is 274 g/mol. The highest BCUT2D eigenvalue weighted by molar-refractivity contribution is 5.95. The van der Waals surface area contributed by atoms with Crippen LogP contribution in [0.5, 0.6) is 0 Å². The minimum Gasteiger partial charge on any atom is -0.320 e. The summed E-state index contributed by atoms with van der Waals surface area (Å²) >= 11 is 0. The summed E-state index contributed by atoms with van der Waals surface area (Å²) in [5, 5.41) is 2.61. The molecule has 102 valence electrons. The smallest absolute Gasteiger partial charge is 0.274 e. The maximum atomic E-state index is 11.8. The zero-order valence-corrected chi connectivity index (χ0v) is 11.7. The Bertz CT molecular complexity index is 471. The Morgan fingerprint density at radius 3 is 2.72 bits per heavy atom. The summed E-state index contributed by atoms with van der Waals surface area (Å²) in [5.74, 6) is -0.307. The molecule has 1 aromatic rings. The Morgan fingerprint density at radius 1 is 1.56 bits per heavy atom. The van der Waals surface area contributed by atoms with E-state index in [1.165, 1.54) is 4.57 Å². The molecule has 0 bridgehead atoms. The molecule has 1 aromatic heterocycles. The van der Waals surface area contributed by atoms with Crippen LogP contribution in [0.15, 0.2) is 17.1 Å². The van der Waals surface area contributed by atoms with Crippen LogP contribution in [-0.4, -0.2) is 16.5 Å². The second kappa shape index (κ2) is 7.18. The molecule has 0 aliphatic heterocycles. The number of nitrogens with one attached hydrogen (secondary N) is 1. The molecule has 0 aliphatic carbocycles. The van der Waals surface area contributed by atoms with E-state index in [0.717, 1.165) is 12.0 Å². The number of carbonyl (C=O) groups is 1. The Balaban J connectivity index is 0.00000289. The van der Waals surface area contributed by atoms with Crippen LogP contribution in [0.4, 0.5) is 5.69 Å². The van der Waals surface area contributed by atoms with Crippen LogP contribution >= 0.6 is 12.4 Å². The minimum absolute atomic E-state index is 0. The van der Waals surface area contributed by atoms with Gasteiger partial charge in [-0.1, -0.05) is 13.3 Å². The van der Waals surface area contributed by atoms with Gasteiger partial charge in [-0.25, -0.2) is 0 Å². The summed E-state index contributed by atoms with van der Waals surface area (Å²) in [4.78, 5) is 23.5. The van der Waals surface area contributed by atoms with E-state index in [4.69, 9.17) is 5.73 Å². The summed E-state index contributed by atoms with van der Waals surface area (Å²) in [6.07, 6.45) is 3.11. The van der Waals surface area contributed by atoms with Crippen molar-refractivity contribution in [3.05, 3.63) is 28.2 Å². The Hall–Kier alpha value is -1.33. The molecule has 0 saturated carbocycles. The number of amides is 1. The second-order valence-electron chi connectivity index (χ2n) is 4.17. The van der Waals surface area contributed by atoms with Crippen LogP contribution in [0.1, 0.15) is 25.3 Å². The number of carbonyl (C=O) groups excluding carboxylic acids is 1. The number of aromatic nitrogens is 1. The number of pyridine rings is 1. The van der Waals surface area contributed by atoms with E-state index >= 15 is 0 Å². The average Bonchev–Trinajstić information content (AvgIpc) is 2.29. The van der Waals surface area contributed by atoms with Crippen molar-refractivity contribution in [2.75, 3.05) is 5.32 Å². The van der Waals surface area contributed by atoms with Gasteiger partial charge < -0.3 is 15.6 Å². The van der Waals surface area contributed by atoms with E-state index in [1.807, 2.05) is 6.92 Å². The first-order chi connectivity index (χ1) is 7.97. The van der Waals surface area contributed by atoms with E-state index in [9.17, 15) is 9.59 Å². The molecule has 0 aliphatic rings. The minimum atomic E-state index is -0.565. The van der Waals surface area contributed by atoms with Crippen molar-refractivity contribution in [2.24, 2.45) is 12.8 Å². The van der Waals surface area contributed by atoms with E-state index in [1.54, 1.807) is 26.2 Å². The lowest BCUT2D eigenvalue weighted by atomic mass is 10.1.